The van der Waals surface area contributed by atoms with Crippen LogP contribution in [0, 0.1) is 40.4 Å². The van der Waals surface area contributed by atoms with E-state index in [1.807, 2.05) is 0 Å². The second-order valence-corrected chi connectivity index (χ2v) is 10.4. The van der Waals surface area contributed by atoms with Gasteiger partial charge in [-0.1, -0.05) is 27.2 Å². The summed E-state index contributed by atoms with van der Waals surface area (Å²) in [5.74, 6) is 3.13. The fraction of sp³-hybridized carbons (Fsp3) is 0.913. The van der Waals surface area contributed by atoms with E-state index in [0.29, 0.717) is 47.4 Å². The molecule has 9 atom stereocenters. The second kappa shape index (κ2) is 7.08. The highest BCUT2D eigenvalue weighted by Gasteiger charge is 2.63. The molecule has 4 rings (SSSR count). The SMILES string of the molecule is CC[C@H]1CCC2[C@H]3C(CC[C@@]21C)[C@@]1(C)CCC(OC=O)C[C@H]1C[C@@H]3OC=O. The maximum atomic E-state index is 11.4. The summed E-state index contributed by atoms with van der Waals surface area (Å²) in [6, 6.07) is 0. The monoisotopic (exact) mass is 376 g/mol. The summed E-state index contributed by atoms with van der Waals surface area (Å²) in [6.45, 7) is 8.64. The second-order valence-electron chi connectivity index (χ2n) is 10.4. The van der Waals surface area contributed by atoms with Gasteiger partial charge in [-0.2, -0.15) is 0 Å². The Morgan fingerprint density at radius 1 is 0.889 bits per heavy atom. The Hall–Kier alpha value is -1.06. The number of hydrogen-bond donors (Lipinski definition) is 0. The quantitative estimate of drug-likeness (QED) is 0.650. The fourth-order valence-corrected chi connectivity index (χ4v) is 8.35. The van der Waals surface area contributed by atoms with E-state index in [1.165, 1.54) is 32.1 Å². The van der Waals surface area contributed by atoms with Crippen molar-refractivity contribution in [3.63, 3.8) is 0 Å². The van der Waals surface area contributed by atoms with Crippen molar-refractivity contribution in [2.24, 2.45) is 40.4 Å². The van der Waals surface area contributed by atoms with Gasteiger partial charge in [0, 0.05) is 5.92 Å². The Morgan fingerprint density at radius 3 is 2.30 bits per heavy atom. The van der Waals surface area contributed by atoms with Gasteiger partial charge in [0.25, 0.3) is 12.9 Å². The van der Waals surface area contributed by atoms with E-state index in [0.717, 1.165) is 31.6 Å². The molecule has 152 valence electrons. The average Bonchev–Trinajstić information content (AvgIpc) is 2.99. The third kappa shape index (κ3) is 2.84. The maximum Gasteiger partial charge on any atom is 0.293 e. The van der Waals surface area contributed by atoms with Crippen molar-refractivity contribution >= 4 is 12.9 Å². The lowest BCUT2D eigenvalue weighted by molar-refractivity contribution is -0.189. The van der Waals surface area contributed by atoms with Gasteiger partial charge in [-0.05, 0) is 85.9 Å². The third-order valence-electron chi connectivity index (χ3n) is 9.78. The molecule has 4 fully saturated rings. The summed E-state index contributed by atoms with van der Waals surface area (Å²) < 4.78 is 11.1. The summed E-state index contributed by atoms with van der Waals surface area (Å²) >= 11 is 0. The molecule has 27 heavy (non-hydrogen) atoms. The molecule has 0 N–H and O–H groups in total. The van der Waals surface area contributed by atoms with Crippen molar-refractivity contribution in [3.8, 4) is 0 Å². The zero-order valence-corrected chi connectivity index (χ0v) is 17.2. The first-order valence-electron chi connectivity index (χ1n) is 11.2. The molecule has 0 aromatic rings. The highest BCUT2D eigenvalue weighted by molar-refractivity contribution is 5.38. The van der Waals surface area contributed by atoms with E-state index in [4.69, 9.17) is 9.47 Å². The number of rotatable bonds is 5. The van der Waals surface area contributed by atoms with Crippen LogP contribution in [0.1, 0.15) is 78.6 Å². The van der Waals surface area contributed by atoms with Crippen LogP contribution in [0.2, 0.25) is 0 Å². The van der Waals surface area contributed by atoms with E-state index in [9.17, 15) is 9.59 Å². The Balaban J connectivity index is 1.64. The number of fused-ring (bicyclic) bond motifs is 5. The molecule has 0 aromatic carbocycles. The molecule has 3 unspecified atom stereocenters. The average molecular weight is 377 g/mol. The first kappa shape index (κ1) is 19.3. The predicted octanol–water partition coefficient (Wildman–Crippen LogP) is 4.75. The molecule has 0 aromatic heterocycles. The van der Waals surface area contributed by atoms with Crippen molar-refractivity contribution < 1.29 is 19.1 Å². The minimum atomic E-state index is 0.0406. The van der Waals surface area contributed by atoms with Crippen molar-refractivity contribution in [2.75, 3.05) is 0 Å². The van der Waals surface area contributed by atoms with Gasteiger partial charge in [0.1, 0.15) is 12.2 Å². The van der Waals surface area contributed by atoms with Crippen LogP contribution < -0.4 is 0 Å². The summed E-state index contributed by atoms with van der Waals surface area (Å²) in [5, 5.41) is 0. The lowest BCUT2D eigenvalue weighted by Gasteiger charge is -2.62. The molecule has 0 heterocycles. The number of ether oxygens (including phenoxy) is 2. The van der Waals surface area contributed by atoms with Gasteiger partial charge >= 0.3 is 0 Å². The zero-order valence-electron chi connectivity index (χ0n) is 17.2. The van der Waals surface area contributed by atoms with Crippen LogP contribution in [0.4, 0.5) is 0 Å². The van der Waals surface area contributed by atoms with Crippen LogP contribution in [0.5, 0.6) is 0 Å². The van der Waals surface area contributed by atoms with Crippen LogP contribution in [-0.4, -0.2) is 25.2 Å². The predicted molar refractivity (Wildman–Crippen MR) is 103 cm³/mol. The normalized spacial score (nSPS) is 51.4. The molecule has 0 aliphatic heterocycles. The van der Waals surface area contributed by atoms with Crippen LogP contribution in [0.3, 0.4) is 0 Å². The number of carbonyl (C=O) groups is 2. The zero-order chi connectivity index (χ0) is 19.2. The topological polar surface area (TPSA) is 52.6 Å². The lowest BCUT2D eigenvalue weighted by atomic mass is 9.44. The summed E-state index contributed by atoms with van der Waals surface area (Å²) in [5.41, 5.74) is 0.712. The van der Waals surface area contributed by atoms with Gasteiger partial charge < -0.3 is 9.47 Å². The van der Waals surface area contributed by atoms with Gasteiger partial charge in [0.2, 0.25) is 0 Å². The van der Waals surface area contributed by atoms with Gasteiger partial charge in [-0.25, -0.2) is 0 Å². The van der Waals surface area contributed by atoms with E-state index in [1.54, 1.807) is 0 Å². The van der Waals surface area contributed by atoms with Crippen LogP contribution >= 0.6 is 0 Å². The molecule has 4 aliphatic rings. The summed E-state index contributed by atoms with van der Waals surface area (Å²) in [6.07, 6.45) is 10.6. The van der Waals surface area contributed by atoms with Crippen LogP contribution in [0.25, 0.3) is 0 Å². The standard InChI is InChI=1S/C23H36O4/c1-4-15-5-6-18-21-19(8-10-22(15,18)2)23(3)9-7-17(26-13-24)11-16(23)12-20(21)27-14-25/h13-21H,4-12H2,1-3H3/t15-,16-,17?,18?,19?,20-,21-,22+,23-/m0/s1. The Bertz CT molecular complexity index is 577. The molecular weight excluding hydrogens is 340 g/mol. The molecule has 0 spiro atoms. The molecule has 4 heteroatoms. The van der Waals surface area contributed by atoms with Gasteiger partial charge in [0.15, 0.2) is 0 Å². The largest absolute Gasteiger partial charge is 0.465 e. The Labute approximate surface area is 163 Å². The molecule has 0 amide bonds. The minimum absolute atomic E-state index is 0.0406. The molecular formula is C23H36O4. The number of hydrogen-bond acceptors (Lipinski definition) is 4. The van der Waals surface area contributed by atoms with Crippen molar-refractivity contribution in [2.45, 2.75) is 90.8 Å². The maximum absolute atomic E-state index is 11.4. The molecule has 4 saturated carbocycles. The van der Waals surface area contributed by atoms with Crippen molar-refractivity contribution in [1.82, 2.24) is 0 Å². The van der Waals surface area contributed by atoms with Gasteiger partial charge in [-0.15, -0.1) is 0 Å². The van der Waals surface area contributed by atoms with Gasteiger partial charge in [-0.3, -0.25) is 9.59 Å². The van der Waals surface area contributed by atoms with Crippen molar-refractivity contribution in [3.05, 3.63) is 0 Å². The third-order valence-corrected chi connectivity index (χ3v) is 9.78. The first-order chi connectivity index (χ1) is 13.0. The molecule has 0 saturated heterocycles. The van der Waals surface area contributed by atoms with Crippen LogP contribution in [-0.2, 0) is 19.1 Å². The van der Waals surface area contributed by atoms with E-state index < -0.39 is 0 Å². The molecule has 0 radical (unpaired) electrons. The number of carbonyl (C=O) groups excluding carboxylic acids is 2. The fourth-order valence-electron chi connectivity index (χ4n) is 8.35. The summed E-state index contributed by atoms with van der Waals surface area (Å²) in [4.78, 5) is 22.2. The van der Waals surface area contributed by atoms with Crippen molar-refractivity contribution in [1.29, 1.82) is 0 Å². The van der Waals surface area contributed by atoms with E-state index >= 15 is 0 Å². The van der Waals surface area contributed by atoms with E-state index in [2.05, 4.69) is 20.8 Å². The molecule has 4 nitrogen and oxygen atoms in total. The Kier molecular flexibility index (Phi) is 5.05. The molecule has 4 aliphatic carbocycles. The van der Waals surface area contributed by atoms with Crippen LogP contribution in [0.15, 0.2) is 0 Å². The summed E-state index contributed by atoms with van der Waals surface area (Å²) in [7, 11) is 0. The lowest BCUT2D eigenvalue weighted by Crippen LogP contribution is -2.59. The highest BCUT2D eigenvalue weighted by atomic mass is 16.5. The molecule has 0 bridgehead atoms. The smallest absolute Gasteiger partial charge is 0.293 e. The van der Waals surface area contributed by atoms with E-state index in [-0.39, 0.29) is 12.2 Å². The first-order valence-corrected chi connectivity index (χ1v) is 11.2. The van der Waals surface area contributed by atoms with Gasteiger partial charge in [0.05, 0.1) is 0 Å². The minimum Gasteiger partial charge on any atom is -0.465 e. The highest BCUT2D eigenvalue weighted by Crippen LogP contribution is 2.68. The Morgan fingerprint density at radius 2 is 1.59 bits per heavy atom.